The van der Waals surface area contributed by atoms with E-state index in [0.717, 1.165) is 11.1 Å². The Morgan fingerprint density at radius 2 is 2.18 bits per heavy atom. The lowest BCUT2D eigenvalue weighted by atomic mass is 10.0. The van der Waals surface area contributed by atoms with Crippen molar-refractivity contribution in [1.29, 1.82) is 5.26 Å². The predicted octanol–water partition coefficient (Wildman–Crippen LogP) is 2.08. The third-order valence-corrected chi connectivity index (χ3v) is 2.26. The van der Waals surface area contributed by atoms with E-state index < -0.39 is 0 Å². The number of Topliss-reactive ketones (excluding diaryl/α,β-unsaturated/α-hetero) is 1. The molecule has 88 valence electrons. The fourth-order valence-corrected chi connectivity index (χ4v) is 1.52. The predicted molar refractivity (Wildman–Crippen MR) is 67.3 cm³/mol. The molecule has 17 heavy (non-hydrogen) atoms. The van der Waals surface area contributed by atoms with E-state index in [-0.39, 0.29) is 17.8 Å². The first-order chi connectivity index (χ1) is 8.02. The second-order valence-electron chi connectivity index (χ2n) is 4.21. The highest BCUT2D eigenvalue weighted by Gasteiger charge is 2.10. The van der Waals surface area contributed by atoms with Crippen LogP contribution in [0, 0.1) is 18.3 Å². The molecule has 0 saturated carbocycles. The van der Waals surface area contributed by atoms with Crippen LogP contribution in [0.5, 0.6) is 0 Å². The van der Waals surface area contributed by atoms with E-state index in [9.17, 15) is 4.79 Å². The molecule has 0 N–H and O–H groups in total. The van der Waals surface area contributed by atoms with Gasteiger partial charge in [-0.05, 0) is 12.5 Å². The molecule has 0 aliphatic rings. The van der Waals surface area contributed by atoms with E-state index >= 15 is 0 Å². The molecular weight excluding hydrogens is 212 g/mol. The number of nitriles is 1. The van der Waals surface area contributed by atoms with Crippen molar-refractivity contribution in [2.24, 2.45) is 0 Å². The van der Waals surface area contributed by atoms with Crippen molar-refractivity contribution >= 4 is 5.78 Å². The smallest absolute Gasteiger partial charge is 0.179 e. The Bertz CT molecular complexity index is 481. The van der Waals surface area contributed by atoms with Gasteiger partial charge in [0.2, 0.25) is 0 Å². The number of benzene rings is 1. The number of rotatable bonds is 4. The van der Waals surface area contributed by atoms with Crippen LogP contribution in [0.15, 0.2) is 36.0 Å². The highest BCUT2D eigenvalue weighted by atomic mass is 16.1. The zero-order chi connectivity index (χ0) is 12.8. The minimum Gasteiger partial charge on any atom is -0.382 e. The van der Waals surface area contributed by atoms with Gasteiger partial charge in [-0.15, -0.1) is 0 Å². The lowest BCUT2D eigenvalue weighted by molar-refractivity contribution is -0.114. The lowest BCUT2D eigenvalue weighted by Gasteiger charge is -2.06. The fourth-order valence-electron chi connectivity index (χ4n) is 1.52. The first kappa shape index (κ1) is 13.0. The highest BCUT2D eigenvalue weighted by molar-refractivity contribution is 6.00. The van der Waals surface area contributed by atoms with Crippen molar-refractivity contribution in [2.45, 2.75) is 13.3 Å². The molecule has 1 aromatic carbocycles. The summed E-state index contributed by atoms with van der Waals surface area (Å²) in [4.78, 5) is 13.6. The Kier molecular flexibility index (Phi) is 4.47. The first-order valence-corrected chi connectivity index (χ1v) is 5.40. The van der Waals surface area contributed by atoms with E-state index in [0.29, 0.717) is 0 Å². The summed E-state index contributed by atoms with van der Waals surface area (Å²) in [5, 5.41) is 8.91. The molecule has 3 heteroatoms. The van der Waals surface area contributed by atoms with Gasteiger partial charge in [0.25, 0.3) is 0 Å². The van der Waals surface area contributed by atoms with Crippen molar-refractivity contribution in [1.82, 2.24) is 4.90 Å². The third kappa shape index (κ3) is 4.12. The van der Waals surface area contributed by atoms with E-state index in [2.05, 4.69) is 0 Å². The maximum absolute atomic E-state index is 11.9. The van der Waals surface area contributed by atoms with Gasteiger partial charge in [0, 0.05) is 26.7 Å². The molecule has 0 atom stereocenters. The Morgan fingerprint density at radius 1 is 1.47 bits per heavy atom. The van der Waals surface area contributed by atoms with E-state index in [1.165, 1.54) is 0 Å². The summed E-state index contributed by atoms with van der Waals surface area (Å²) in [7, 11) is 3.58. The van der Waals surface area contributed by atoms with Crippen molar-refractivity contribution in [2.75, 3.05) is 14.1 Å². The van der Waals surface area contributed by atoms with Crippen molar-refractivity contribution in [3.05, 3.63) is 47.2 Å². The van der Waals surface area contributed by atoms with Crippen LogP contribution in [0.1, 0.15) is 11.1 Å². The molecule has 0 radical (unpaired) electrons. The SMILES string of the molecule is Cc1cccc(CC(=O)C(C#N)=CN(C)C)c1. The van der Waals surface area contributed by atoms with Gasteiger partial charge >= 0.3 is 0 Å². The average molecular weight is 228 g/mol. The van der Waals surface area contributed by atoms with Gasteiger partial charge in [-0.25, -0.2) is 0 Å². The summed E-state index contributed by atoms with van der Waals surface area (Å²) >= 11 is 0. The topological polar surface area (TPSA) is 44.1 Å². The second-order valence-corrected chi connectivity index (χ2v) is 4.21. The quantitative estimate of drug-likeness (QED) is 0.585. The van der Waals surface area contributed by atoms with Gasteiger partial charge in [0.1, 0.15) is 11.6 Å². The number of carbonyl (C=O) groups excluding carboxylic acids is 1. The summed E-state index contributed by atoms with van der Waals surface area (Å²) in [5.74, 6) is -0.146. The molecule has 0 spiro atoms. The number of aryl methyl sites for hydroxylation is 1. The second kappa shape index (κ2) is 5.86. The molecule has 0 fully saturated rings. The van der Waals surface area contributed by atoms with Crippen molar-refractivity contribution < 1.29 is 4.79 Å². The van der Waals surface area contributed by atoms with Crippen molar-refractivity contribution in [3.8, 4) is 6.07 Å². The maximum Gasteiger partial charge on any atom is 0.179 e. The molecule has 0 amide bonds. The number of allylic oxidation sites excluding steroid dienone is 1. The van der Waals surface area contributed by atoms with Crippen LogP contribution in [-0.2, 0) is 11.2 Å². The number of hydrogen-bond acceptors (Lipinski definition) is 3. The largest absolute Gasteiger partial charge is 0.382 e. The van der Waals surface area contributed by atoms with Crippen LogP contribution < -0.4 is 0 Å². The molecule has 3 nitrogen and oxygen atoms in total. The van der Waals surface area contributed by atoms with E-state index in [1.807, 2.05) is 37.3 Å². The van der Waals surface area contributed by atoms with Gasteiger partial charge in [-0.2, -0.15) is 5.26 Å². The summed E-state index contributed by atoms with van der Waals surface area (Å²) < 4.78 is 0. The minimum atomic E-state index is -0.146. The molecule has 0 bridgehead atoms. The molecule has 1 rings (SSSR count). The molecule has 0 aromatic heterocycles. The zero-order valence-corrected chi connectivity index (χ0v) is 10.4. The van der Waals surface area contributed by atoms with Crippen LogP contribution in [0.2, 0.25) is 0 Å². The molecule has 0 heterocycles. The van der Waals surface area contributed by atoms with Crippen LogP contribution >= 0.6 is 0 Å². The number of carbonyl (C=O) groups is 1. The normalized spacial score (nSPS) is 10.8. The molecule has 0 saturated heterocycles. The summed E-state index contributed by atoms with van der Waals surface area (Å²) in [5.41, 5.74) is 2.25. The molecule has 0 aliphatic carbocycles. The van der Waals surface area contributed by atoms with Gasteiger partial charge in [-0.3, -0.25) is 4.79 Å². The monoisotopic (exact) mass is 228 g/mol. The Balaban J connectivity index is 2.82. The van der Waals surface area contributed by atoms with Gasteiger partial charge < -0.3 is 4.90 Å². The van der Waals surface area contributed by atoms with Crippen LogP contribution in [0.4, 0.5) is 0 Å². The van der Waals surface area contributed by atoms with Crippen molar-refractivity contribution in [3.63, 3.8) is 0 Å². The Hall–Kier alpha value is -2.08. The summed E-state index contributed by atoms with van der Waals surface area (Å²) in [6, 6.07) is 9.69. The molecule has 0 unspecified atom stereocenters. The van der Waals surface area contributed by atoms with Gasteiger partial charge in [-0.1, -0.05) is 29.8 Å². The van der Waals surface area contributed by atoms with Crippen LogP contribution in [-0.4, -0.2) is 24.8 Å². The van der Waals surface area contributed by atoms with Gasteiger partial charge in [0.15, 0.2) is 5.78 Å². The standard InChI is InChI=1S/C14H16N2O/c1-11-5-4-6-12(7-11)8-14(17)13(9-15)10-16(2)3/h4-7,10H,8H2,1-3H3. The maximum atomic E-state index is 11.9. The number of hydrogen-bond donors (Lipinski definition) is 0. The highest BCUT2D eigenvalue weighted by Crippen LogP contribution is 2.08. The van der Waals surface area contributed by atoms with Crippen LogP contribution in [0.25, 0.3) is 0 Å². The third-order valence-electron chi connectivity index (χ3n) is 2.26. The first-order valence-electron chi connectivity index (χ1n) is 5.40. The van der Waals surface area contributed by atoms with Crippen LogP contribution in [0.3, 0.4) is 0 Å². The van der Waals surface area contributed by atoms with E-state index in [4.69, 9.17) is 5.26 Å². The Labute approximate surface area is 102 Å². The fraction of sp³-hybridized carbons (Fsp3) is 0.286. The molecule has 1 aromatic rings. The number of nitrogens with zero attached hydrogens (tertiary/aromatic N) is 2. The number of ketones is 1. The summed E-state index contributed by atoms with van der Waals surface area (Å²) in [6.07, 6.45) is 1.83. The lowest BCUT2D eigenvalue weighted by Crippen LogP contribution is -2.10. The van der Waals surface area contributed by atoms with E-state index in [1.54, 1.807) is 25.2 Å². The summed E-state index contributed by atoms with van der Waals surface area (Å²) in [6.45, 7) is 1.98. The average Bonchev–Trinajstić information content (AvgIpc) is 2.25. The molecule has 0 aliphatic heterocycles. The van der Waals surface area contributed by atoms with Gasteiger partial charge in [0.05, 0.1) is 0 Å². The molecular formula is C14H16N2O. The minimum absolute atomic E-state index is 0.146. The Morgan fingerprint density at radius 3 is 2.71 bits per heavy atom. The zero-order valence-electron chi connectivity index (χ0n) is 10.4.